The predicted octanol–water partition coefficient (Wildman–Crippen LogP) is 7.97. The summed E-state index contributed by atoms with van der Waals surface area (Å²) in [5.41, 5.74) is 5.87. The standard InChI is InChI=1S/C33H31NO3/c35-28-11-8-26(9-12-28)31-16-10-27-23-29(36)13-17-32(27)33(31)22-25-6-14-30(15-7-25)37-21-2-1-4-24-5-3-19-34-20-18-24/h5-20,23,35-36H,1-4,21-22H2. The first-order chi connectivity index (χ1) is 18.2. The van der Waals surface area contributed by atoms with Crippen LogP contribution in [0.2, 0.25) is 0 Å². The molecule has 2 N–H and O–H groups in total. The van der Waals surface area contributed by atoms with E-state index in [9.17, 15) is 10.2 Å². The van der Waals surface area contributed by atoms with Gasteiger partial charge in [-0.15, -0.1) is 0 Å². The molecular formula is C33H31NO3. The van der Waals surface area contributed by atoms with Crippen LogP contribution in [0.1, 0.15) is 36.8 Å². The van der Waals surface area contributed by atoms with E-state index in [4.69, 9.17) is 4.74 Å². The maximum Gasteiger partial charge on any atom is 0.119 e. The molecule has 5 rings (SSSR count). The number of unbranched alkanes of at least 4 members (excludes halogenated alkanes) is 1. The van der Waals surface area contributed by atoms with Gasteiger partial charge in [0.25, 0.3) is 0 Å². The van der Waals surface area contributed by atoms with Crippen molar-refractivity contribution in [2.45, 2.75) is 32.1 Å². The number of hydrogen-bond acceptors (Lipinski definition) is 4. The van der Waals surface area contributed by atoms with Crippen molar-refractivity contribution in [1.82, 2.24) is 0 Å². The highest BCUT2D eigenvalue weighted by molar-refractivity contribution is 5.93. The van der Waals surface area contributed by atoms with E-state index < -0.39 is 0 Å². The zero-order chi connectivity index (χ0) is 25.5. The lowest BCUT2D eigenvalue weighted by molar-refractivity contribution is 0.307. The number of phenolic OH excluding ortho intramolecular Hbond substituents is 2. The van der Waals surface area contributed by atoms with Crippen LogP contribution in [0, 0.1) is 0 Å². The van der Waals surface area contributed by atoms with E-state index in [2.05, 4.69) is 35.3 Å². The van der Waals surface area contributed by atoms with Gasteiger partial charge in [0.15, 0.2) is 0 Å². The highest BCUT2D eigenvalue weighted by Crippen LogP contribution is 2.34. The molecular weight excluding hydrogens is 458 g/mol. The second-order valence-electron chi connectivity index (χ2n) is 9.33. The highest BCUT2D eigenvalue weighted by Gasteiger charge is 2.12. The lowest BCUT2D eigenvalue weighted by atomic mass is 9.90. The topological polar surface area (TPSA) is 62.0 Å². The lowest BCUT2D eigenvalue weighted by Crippen LogP contribution is -1.98. The van der Waals surface area contributed by atoms with E-state index >= 15 is 0 Å². The van der Waals surface area contributed by atoms with Crippen LogP contribution in [0.25, 0.3) is 21.9 Å². The Kier molecular flexibility index (Phi) is 7.66. The molecule has 4 nitrogen and oxygen atoms in total. The van der Waals surface area contributed by atoms with Crippen molar-refractivity contribution < 1.29 is 14.9 Å². The van der Waals surface area contributed by atoms with Gasteiger partial charge < -0.3 is 14.9 Å². The maximum absolute atomic E-state index is 9.99. The number of nitrogens with zero attached hydrogens (tertiary/aromatic N) is 1. The molecule has 0 atom stereocenters. The van der Waals surface area contributed by atoms with E-state index in [1.54, 1.807) is 24.3 Å². The van der Waals surface area contributed by atoms with Gasteiger partial charge in [-0.1, -0.05) is 54.1 Å². The molecule has 0 saturated heterocycles. The number of benzene rings is 4. The normalized spacial score (nSPS) is 12.9. The molecule has 0 fully saturated rings. The second-order valence-corrected chi connectivity index (χ2v) is 9.33. The van der Waals surface area contributed by atoms with E-state index in [0.29, 0.717) is 6.61 Å². The van der Waals surface area contributed by atoms with E-state index in [1.807, 2.05) is 48.8 Å². The number of rotatable bonds is 9. The van der Waals surface area contributed by atoms with Crippen molar-refractivity contribution >= 4 is 17.0 Å². The summed E-state index contributed by atoms with van der Waals surface area (Å²) < 4.78 is 6.00. The van der Waals surface area contributed by atoms with Crippen LogP contribution in [-0.4, -0.2) is 23.0 Å². The summed E-state index contributed by atoms with van der Waals surface area (Å²) in [6.07, 6.45) is 12.9. The van der Waals surface area contributed by atoms with Gasteiger partial charge in [-0.25, -0.2) is 0 Å². The van der Waals surface area contributed by atoms with Crippen LogP contribution < -0.4 is 4.74 Å². The molecule has 0 saturated carbocycles. The zero-order valence-electron chi connectivity index (χ0n) is 20.8. The van der Waals surface area contributed by atoms with Gasteiger partial charge in [0.05, 0.1) is 6.61 Å². The van der Waals surface area contributed by atoms with Gasteiger partial charge in [-0.05, 0) is 101 Å². The molecule has 0 radical (unpaired) electrons. The molecule has 0 amide bonds. The molecule has 0 aromatic heterocycles. The number of fused-ring (bicyclic) bond motifs is 1. The van der Waals surface area contributed by atoms with Crippen LogP contribution in [-0.2, 0) is 6.42 Å². The van der Waals surface area contributed by atoms with Crippen LogP contribution in [0.15, 0.2) is 108 Å². The van der Waals surface area contributed by atoms with Crippen LogP contribution in [0.3, 0.4) is 0 Å². The lowest BCUT2D eigenvalue weighted by Gasteiger charge is -2.15. The molecule has 186 valence electrons. The molecule has 1 aliphatic heterocycles. The quantitative estimate of drug-likeness (QED) is 0.234. The number of allylic oxidation sites excluding steroid dienone is 3. The molecule has 4 aromatic carbocycles. The van der Waals surface area contributed by atoms with Crippen molar-refractivity contribution in [2.75, 3.05) is 6.61 Å². The summed E-state index contributed by atoms with van der Waals surface area (Å²) in [5.74, 6) is 1.39. The SMILES string of the molecule is Oc1ccc(-c2ccc3cc(O)ccc3c2Cc2ccc(OCCCCC3=CCC=NC=C3)cc2)cc1. The van der Waals surface area contributed by atoms with Crippen LogP contribution in [0.5, 0.6) is 17.2 Å². The fourth-order valence-corrected chi connectivity index (χ4v) is 4.73. The molecule has 4 aromatic rings. The molecule has 0 bridgehead atoms. The Morgan fingerprint density at radius 2 is 1.62 bits per heavy atom. The van der Waals surface area contributed by atoms with E-state index in [0.717, 1.165) is 59.8 Å². The largest absolute Gasteiger partial charge is 0.508 e. The molecule has 37 heavy (non-hydrogen) atoms. The first-order valence-electron chi connectivity index (χ1n) is 12.8. The minimum atomic E-state index is 0.250. The molecule has 0 aliphatic carbocycles. The predicted molar refractivity (Wildman–Crippen MR) is 152 cm³/mol. The van der Waals surface area contributed by atoms with Crippen molar-refractivity contribution in [3.05, 3.63) is 114 Å². The summed E-state index contributed by atoms with van der Waals surface area (Å²) in [5, 5.41) is 21.8. The fraction of sp³-hybridized carbons (Fsp3) is 0.182. The molecule has 0 spiro atoms. The van der Waals surface area contributed by atoms with Crippen LogP contribution in [0.4, 0.5) is 0 Å². The summed E-state index contributed by atoms with van der Waals surface area (Å²) in [7, 11) is 0. The number of aliphatic imine (C=N–C) groups is 1. The Morgan fingerprint density at radius 3 is 2.46 bits per heavy atom. The smallest absolute Gasteiger partial charge is 0.119 e. The van der Waals surface area contributed by atoms with E-state index in [-0.39, 0.29) is 11.5 Å². The first kappa shape index (κ1) is 24.4. The van der Waals surface area contributed by atoms with Crippen molar-refractivity contribution in [1.29, 1.82) is 0 Å². The van der Waals surface area contributed by atoms with Gasteiger partial charge in [-0.3, -0.25) is 4.99 Å². The van der Waals surface area contributed by atoms with Crippen LogP contribution >= 0.6 is 0 Å². The minimum Gasteiger partial charge on any atom is -0.508 e. The number of ether oxygens (including phenoxy) is 1. The third-order valence-corrected chi connectivity index (χ3v) is 6.69. The average Bonchev–Trinajstić information content (AvgIpc) is 3.19. The van der Waals surface area contributed by atoms with Gasteiger partial charge in [0.1, 0.15) is 17.2 Å². The van der Waals surface area contributed by atoms with E-state index in [1.165, 1.54) is 16.7 Å². The second kappa shape index (κ2) is 11.6. The summed E-state index contributed by atoms with van der Waals surface area (Å²) in [6, 6.07) is 25.3. The molecule has 4 heteroatoms. The Hall–Kier alpha value is -4.31. The Balaban J connectivity index is 1.26. The Morgan fingerprint density at radius 1 is 0.811 bits per heavy atom. The maximum atomic E-state index is 9.99. The number of phenols is 2. The summed E-state index contributed by atoms with van der Waals surface area (Å²) in [6.45, 7) is 0.699. The highest BCUT2D eigenvalue weighted by atomic mass is 16.5. The van der Waals surface area contributed by atoms with Gasteiger partial charge >= 0.3 is 0 Å². The average molecular weight is 490 g/mol. The third-order valence-electron chi connectivity index (χ3n) is 6.69. The summed E-state index contributed by atoms with van der Waals surface area (Å²) >= 11 is 0. The number of aromatic hydroxyl groups is 2. The Labute approximate surface area is 217 Å². The first-order valence-corrected chi connectivity index (χ1v) is 12.8. The van der Waals surface area contributed by atoms with Gasteiger partial charge in [0, 0.05) is 18.8 Å². The molecule has 0 unspecified atom stereocenters. The minimum absolute atomic E-state index is 0.250. The summed E-state index contributed by atoms with van der Waals surface area (Å²) in [4.78, 5) is 4.18. The molecule has 1 heterocycles. The fourth-order valence-electron chi connectivity index (χ4n) is 4.73. The third kappa shape index (κ3) is 6.28. The van der Waals surface area contributed by atoms with Crippen molar-refractivity contribution in [2.24, 2.45) is 4.99 Å². The Bertz CT molecular complexity index is 1450. The van der Waals surface area contributed by atoms with Crippen molar-refractivity contribution in [3.8, 4) is 28.4 Å². The number of hydrogen-bond donors (Lipinski definition) is 2. The monoisotopic (exact) mass is 489 g/mol. The zero-order valence-corrected chi connectivity index (χ0v) is 20.8. The van der Waals surface area contributed by atoms with Crippen molar-refractivity contribution in [3.63, 3.8) is 0 Å². The van der Waals surface area contributed by atoms with Gasteiger partial charge in [-0.2, -0.15) is 0 Å². The molecule has 1 aliphatic rings. The van der Waals surface area contributed by atoms with Gasteiger partial charge in [0.2, 0.25) is 0 Å².